The van der Waals surface area contributed by atoms with Crippen LogP contribution in [0, 0.1) is 0 Å². The number of aliphatic hydroxyl groups excluding tert-OH is 1. The largest absolute Gasteiger partial charge is 0.392 e. The minimum atomic E-state index is -0.0817. The molecule has 21 heavy (non-hydrogen) atoms. The molecule has 1 amide bonds. The monoisotopic (exact) mass is 298 g/mol. The van der Waals surface area contributed by atoms with Gasteiger partial charge in [-0.3, -0.25) is 9.18 Å². The topological polar surface area (TPSA) is 52.6 Å². The average molecular weight is 298 g/mol. The Morgan fingerprint density at radius 3 is 2.48 bits per heavy atom. The van der Waals surface area contributed by atoms with Crippen molar-refractivity contribution >= 4 is 6.41 Å². The lowest BCUT2D eigenvalue weighted by atomic mass is 10.1. The summed E-state index contributed by atoms with van der Waals surface area (Å²) in [4.78, 5) is 11.4. The minimum Gasteiger partial charge on any atom is -0.392 e. The number of aryl methyl sites for hydroxylation is 1. The molecule has 2 rings (SSSR count). The summed E-state index contributed by atoms with van der Waals surface area (Å²) in [7, 11) is 2.06. The van der Waals surface area contributed by atoms with Gasteiger partial charge < -0.3 is 15.3 Å². The van der Waals surface area contributed by atoms with Gasteiger partial charge in [0.25, 0.3) is 0 Å². The molecule has 0 bridgehead atoms. The van der Waals surface area contributed by atoms with Gasteiger partial charge in [0.2, 0.25) is 6.41 Å². The normalized spacial score (nSPS) is 17.0. The molecule has 0 saturated carbocycles. The summed E-state index contributed by atoms with van der Waals surface area (Å²) in [6.07, 6.45) is 3.83. The highest BCUT2D eigenvalue weighted by atomic mass is 19.1. The lowest BCUT2D eigenvalue weighted by molar-refractivity contribution is -0.109. The summed E-state index contributed by atoms with van der Waals surface area (Å²) < 4.78 is 9.50. The van der Waals surface area contributed by atoms with E-state index >= 15 is 0 Å². The zero-order chi connectivity index (χ0) is 15.9. The van der Waals surface area contributed by atoms with Crippen LogP contribution < -0.4 is 5.32 Å². The summed E-state index contributed by atoms with van der Waals surface area (Å²) in [6, 6.07) is 10.6. The number of alkyl halides is 1. The van der Waals surface area contributed by atoms with Crippen molar-refractivity contribution in [3.63, 3.8) is 0 Å². The molecule has 1 aliphatic heterocycles. The molecule has 2 N–H and O–H groups in total. The third-order valence-corrected chi connectivity index (χ3v) is 3.15. The Labute approximate surface area is 127 Å². The van der Waals surface area contributed by atoms with Crippen LogP contribution in [0.4, 0.5) is 4.39 Å². The van der Waals surface area contributed by atoms with Crippen LogP contribution in [0.3, 0.4) is 0 Å². The lowest BCUT2D eigenvalue weighted by Gasteiger charge is -2.14. The van der Waals surface area contributed by atoms with E-state index in [1.54, 1.807) is 7.05 Å². The second-order valence-electron chi connectivity index (χ2n) is 4.74. The number of aliphatic hydroxyl groups is 1. The molecule has 0 spiro atoms. The molecule has 1 aromatic carbocycles. The Morgan fingerprint density at radius 1 is 1.38 bits per heavy atom. The molecule has 1 saturated heterocycles. The second-order valence-corrected chi connectivity index (χ2v) is 4.74. The fourth-order valence-electron chi connectivity index (χ4n) is 2.17. The number of amides is 1. The highest BCUT2D eigenvalue weighted by molar-refractivity contribution is 5.44. The average Bonchev–Trinajstić information content (AvgIpc) is 2.96. The number of benzene rings is 1. The fraction of sp³-hybridized carbons (Fsp3) is 0.562. The van der Waals surface area contributed by atoms with E-state index in [9.17, 15) is 9.50 Å². The SMILES string of the molecule is CF.CNC=O.OC1CCN(CCCc2ccccc2)C1. The van der Waals surface area contributed by atoms with Gasteiger partial charge in [0, 0.05) is 20.1 Å². The summed E-state index contributed by atoms with van der Waals surface area (Å²) in [5, 5.41) is 11.6. The quantitative estimate of drug-likeness (QED) is 0.813. The second kappa shape index (κ2) is 13.5. The number of nitrogens with one attached hydrogen (secondary N) is 1. The van der Waals surface area contributed by atoms with Gasteiger partial charge in [-0.2, -0.15) is 0 Å². The molecule has 1 aromatic rings. The van der Waals surface area contributed by atoms with Crippen molar-refractivity contribution in [3.05, 3.63) is 35.9 Å². The van der Waals surface area contributed by atoms with Gasteiger partial charge in [-0.05, 0) is 31.4 Å². The summed E-state index contributed by atoms with van der Waals surface area (Å²) >= 11 is 0. The Morgan fingerprint density at radius 2 is 2.00 bits per heavy atom. The molecule has 1 fully saturated rings. The summed E-state index contributed by atoms with van der Waals surface area (Å²) in [5.74, 6) is 0. The van der Waals surface area contributed by atoms with Crippen molar-refractivity contribution in [2.24, 2.45) is 0 Å². The number of hydrogen-bond donors (Lipinski definition) is 2. The van der Waals surface area contributed by atoms with Crippen molar-refractivity contribution in [2.45, 2.75) is 25.4 Å². The summed E-state index contributed by atoms with van der Waals surface area (Å²) in [5.41, 5.74) is 1.41. The maximum atomic E-state index is 9.50. The summed E-state index contributed by atoms with van der Waals surface area (Å²) in [6.45, 7) is 3.05. The molecule has 5 heteroatoms. The van der Waals surface area contributed by atoms with E-state index in [-0.39, 0.29) is 6.10 Å². The Kier molecular flexibility index (Phi) is 12.6. The van der Waals surface area contributed by atoms with Gasteiger partial charge in [0.15, 0.2) is 0 Å². The molecule has 0 aliphatic carbocycles. The Hall–Kier alpha value is -1.46. The number of halogens is 1. The predicted octanol–water partition coefficient (Wildman–Crippen LogP) is 1.63. The molecule has 4 nitrogen and oxygen atoms in total. The maximum Gasteiger partial charge on any atom is 0.206 e. The van der Waals surface area contributed by atoms with E-state index in [1.807, 2.05) is 0 Å². The molecule has 1 heterocycles. The Bertz CT molecular complexity index is 349. The van der Waals surface area contributed by atoms with Crippen LogP contribution >= 0.6 is 0 Å². The number of likely N-dealkylation sites (tertiary alicyclic amines) is 1. The van der Waals surface area contributed by atoms with Gasteiger partial charge in [0.05, 0.1) is 13.3 Å². The zero-order valence-corrected chi connectivity index (χ0v) is 13.0. The first-order valence-corrected chi connectivity index (χ1v) is 7.19. The van der Waals surface area contributed by atoms with Crippen LogP contribution in [-0.4, -0.2) is 56.4 Å². The van der Waals surface area contributed by atoms with E-state index in [4.69, 9.17) is 4.79 Å². The first kappa shape index (κ1) is 19.5. The van der Waals surface area contributed by atoms with Gasteiger partial charge >= 0.3 is 0 Å². The third kappa shape index (κ3) is 9.98. The van der Waals surface area contributed by atoms with E-state index in [1.165, 1.54) is 12.0 Å². The highest BCUT2D eigenvalue weighted by Crippen LogP contribution is 2.10. The van der Waals surface area contributed by atoms with Crippen molar-refractivity contribution in [1.82, 2.24) is 10.2 Å². The smallest absolute Gasteiger partial charge is 0.206 e. The van der Waals surface area contributed by atoms with E-state index in [0.717, 1.165) is 32.5 Å². The fourth-order valence-corrected chi connectivity index (χ4v) is 2.17. The zero-order valence-electron chi connectivity index (χ0n) is 13.0. The van der Waals surface area contributed by atoms with Crippen LogP contribution in [0.2, 0.25) is 0 Å². The van der Waals surface area contributed by atoms with Gasteiger partial charge in [-0.25, -0.2) is 0 Å². The predicted molar refractivity (Wildman–Crippen MR) is 84.0 cm³/mol. The minimum absolute atomic E-state index is 0.0817. The van der Waals surface area contributed by atoms with Crippen LogP contribution in [0.25, 0.3) is 0 Å². The van der Waals surface area contributed by atoms with Crippen LogP contribution in [0.1, 0.15) is 18.4 Å². The van der Waals surface area contributed by atoms with Crippen LogP contribution in [0.15, 0.2) is 30.3 Å². The number of carbonyl (C=O) groups excluding carboxylic acids is 1. The Balaban J connectivity index is 0.000000579. The lowest BCUT2D eigenvalue weighted by Crippen LogP contribution is -2.23. The van der Waals surface area contributed by atoms with E-state index in [2.05, 4.69) is 40.5 Å². The van der Waals surface area contributed by atoms with Crippen molar-refractivity contribution < 1.29 is 14.3 Å². The molecular formula is C16H27FN2O2. The highest BCUT2D eigenvalue weighted by Gasteiger charge is 2.18. The van der Waals surface area contributed by atoms with Gasteiger partial charge in [0.1, 0.15) is 0 Å². The van der Waals surface area contributed by atoms with E-state index < -0.39 is 0 Å². The molecule has 120 valence electrons. The molecular weight excluding hydrogens is 271 g/mol. The number of carbonyl (C=O) groups is 1. The van der Waals surface area contributed by atoms with Crippen LogP contribution in [0.5, 0.6) is 0 Å². The first-order chi connectivity index (χ1) is 10.3. The van der Waals surface area contributed by atoms with Crippen LogP contribution in [-0.2, 0) is 11.2 Å². The third-order valence-electron chi connectivity index (χ3n) is 3.15. The molecule has 1 aliphatic rings. The van der Waals surface area contributed by atoms with Crippen molar-refractivity contribution in [3.8, 4) is 0 Å². The molecule has 1 atom stereocenters. The number of hydrogen-bond acceptors (Lipinski definition) is 3. The van der Waals surface area contributed by atoms with E-state index in [0.29, 0.717) is 13.6 Å². The first-order valence-electron chi connectivity index (χ1n) is 7.19. The molecule has 1 unspecified atom stereocenters. The number of β-amino-alcohol motifs (C(OH)–C–C–N with tert-alkyl or cyclic N) is 1. The van der Waals surface area contributed by atoms with Gasteiger partial charge in [-0.15, -0.1) is 0 Å². The number of rotatable bonds is 5. The van der Waals surface area contributed by atoms with Gasteiger partial charge in [-0.1, -0.05) is 30.3 Å². The standard InChI is InChI=1S/C13H19NO.C2H5NO.CH3F/c15-13-8-10-14(11-13)9-4-7-12-5-2-1-3-6-12;1-3-2-4;1-2/h1-3,5-6,13,15H,4,7-11H2;2H,1H3,(H,3,4);1H3. The van der Waals surface area contributed by atoms with Crippen molar-refractivity contribution in [2.75, 3.05) is 33.9 Å². The van der Waals surface area contributed by atoms with Crippen molar-refractivity contribution in [1.29, 1.82) is 0 Å². The molecule has 0 aromatic heterocycles. The number of nitrogens with zero attached hydrogens (tertiary/aromatic N) is 1. The maximum absolute atomic E-state index is 9.50. The molecule has 0 radical (unpaired) electrons.